The first kappa shape index (κ1) is 11.2. The van der Waals surface area contributed by atoms with Crippen LogP contribution in [-0.4, -0.2) is 34.6 Å². The van der Waals surface area contributed by atoms with Gasteiger partial charge in [0.15, 0.2) is 11.5 Å². The Hall–Kier alpha value is -1.85. The quantitative estimate of drug-likeness (QED) is 0.673. The summed E-state index contributed by atoms with van der Waals surface area (Å²) in [6.07, 6.45) is 2.28. The van der Waals surface area contributed by atoms with E-state index in [0.717, 1.165) is 6.42 Å². The highest BCUT2D eigenvalue weighted by Gasteiger charge is 2.13. The predicted molar refractivity (Wildman–Crippen MR) is 57.3 cm³/mol. The molecule has 0 fully saturated rings. The van der Waals surface area contributed by atoms with Crippen LogP contribution < -0.4 is 10.6 Å². The highest BCUT2D eigenvalue weighted by molar-refractivity contribution is 5.91. The summed E-state index contributed by atoms with van der Waals surface area (Å²) in [4.78, 5) is 18.7. The lowest BCUT2D eigenvalue weighted by Crippen LogP contribution is -2.12. The van der Waals surface area contributed by atoms with E-state index < -0.39 is 5.97 Å². The number of aromatic carboxylic acids is 1. The summed E-state index contributed by atoms with van der Waals surface area (Å²) < 4.78 is 0. The van der Waals surface area contributed by atoms with Gasteiger partial charge < -0.3 is 15.7 Å². The van der Waals surface area contributed by atoms with Crippen molar-refractivity contribution in [2.24, 2.45) is 0 Å². The van der Waals surface area contributed by atoms with Crippen LogP contribution in [-0.2, 0) is 0 Å². The molecule has 82 valence electrons. The number of anilines is 2. The van der Waals surface area contributed by atoms with E-state index in [-0.39, 0.29) is 5.69 Å². The van der Waals surface area contributed by atoms with Crippen molar-refractivity contribution in [1.82, 2.24) is 9.97 Å². The molecule has 1 heterocycles. The van der Waals surface area contributed by atoms with Crippen LogP contribution in [0.4, 0.5) is 11.6 Å². The van der Waals surface area contributed by atoms with E-state index >= 15 is 0 Å². The van der Waals surface area contributed by atoms with Crippen molar-refractivity contribution >= 4 is 17.6 Å². The summed E-state index contributed by atoms with van der Waals surface area (Å²) >= 11 is 0. The molecule has 15 heavy (non-hydrogen) atoms. The van der Waals surface area contributed by atoms with Gasteiger partial charge in [0.25, 0.3) is 0 Å². The lowest BCUT2D eigenvalue weighted by atomic mass is 10.4. The molecule has 0 atom stereocenters. The zero-order valence-electron chi connectivity index (χ0n) is 8.74. The van der Waals surface area contributed by atoms with Crippen molar-refractivity contribution < 1.29 is 9.90 Å². The van der Waals surface area contributed by atoms with Crippen molar-refractivity contribution in [2.75, 3.05) is 24.2 Å². The van der Waals surface area contributed by atoms with Crippen LogP contribution in [0.2, 0.25) is 0 Å². The second-order valence-corrected chi connectivity index (χ2v) is 2.93. The maximum Gasteiger partial charge on any atom is 0.358 e. The van der Waals surface area contributed by atoms with Gasteiger partial charge in [-0.05, 0) is 6.42 Å². The minimum absolute atomic E-state index is 0.0533. The van der Waals surface area contributed by atoms with Gasteiger partial charge >= 0.3 is 5.97 Å². The Bertz CT molecular complexity index is 354. The molecule has 0 saturated carbocycles. The molecule has 0 spiro atoms. The first-order valence-corrected chi connectivity index (χ1v) is 4.71. The fourth-order valence-corrected chi connectivity index (χ4v) is 1.03. The third-order valence-corrected chi connectivity index (χ3v) is 1.77. The molecule has 0 bridgehead atoms. The number of carboxylic acid groups (broad SMARTS) is 1. The maximum absolute atomic E-state index is 10.8. The van der Waals surface area contributed by atoms with E-state index in [1.807, 2.05) is 6.92 Å². The number of rotatable bonds is 5. The van der Waals surface area contributed by atoms with Crippen molar-refractivity contribution in [3.8, 4) is 0 Å². The molecule has 1 rings (SSSR count). The molecule has 0 saturated heterocycles. The largest absolute Gasteiger partial charge is 0.476 e. The van der Waals surface area contributed by atoms with Crippen molar-refractivity contribution in [3.63, 3.8) is 0 Å². The number of carbonyl (C=O) groups is 1. The molecule has 6 heteroatoms. The highest BCUT2D eigenvalue weighted by atomic mass is 16.4. The summed E-state index contributed by atoms with van der Waals surface area (Å²) in [5.41, 5.74) is -0.0533. The Morgan fingerprint density at radius 1 is 1.60 bits per heavy atom. The molecule has 3 N–H and O–H groups in total. The normalized spacial score (nSPS) is 9.73. The second-order valence-electron chi connectivity index (χ2n) is 2.93. The number of aromatic nitrogens is 2. The molecule has 1 aromatic rings. The second kappa shape index (κ2) is 5.14. The summed E-state index contributed by atoms with van der Waals surface area (Å²) in [6, 6.07) is 0. The van der Waals surface area contributed by atoms with Crippen LogP contribution in [0.15, 0.2) is 6.20 Å². The maximum atomic E-state index is 10.8. The van der Waals surface area contributed by atoms with Gasteiger partial charge in [-0.25, -0.2) is 14.8 Å². The van der Waals surface area contributed by atoms with Crippen molar-refractivity contribution in [3.05, 3.63) is 11.9 Å². The Morgan fingerprint density at radius 2 is 2.33 bits per heavy atom. The summed E-state index contributed by atoms with van der Waals surface area (Å²) in [6.45, 7) is 2.66. The first-order valence-electron chi connectivity index (χ1n) is 4.71. The van der Waals surface area contributed by atoms with Crippen LogP contribution >= 0.6 is 0 Å². The zero-order valence-corrected chi connectivity index (χ0v) is 8.74. The number of carboxylic acids is 1. The lowest BCUT2D eigenvalue weighted by molar-refractivity contribution is 0.0691. The molecule has 0 amide bonds. The standard InChI is InChI=1S/C9H14N4O2/c1-3-4-11-8-7(9(14)15)12-5-6(10-2)13-8/h5H,3-4H2,1-2H3,(H,14,15)(H2,10,11,13). The van der Waals surface area contributed by atoms with Crippen LogP contribution in [0.3, 0.4) is 0 Å². The number of nitrogens with one attached hydrogen (secondary N) is 2. The number of hydrogen-bond donors (Lipinski definition) is 3. The average Bonchev–Trinajstić information content (AvgIpc) is 2.25. The third kappa shape index (κ3) is 2.80. The molecule has 0 unspecified atom stereocenters. The van der Waals surface area contributed by atoms with E-state index in [4.69, 9.17) is 5.11 Å². The Labute approximate surface area is 87.8 Å². The molecule has 1 aromatic heterocycles. The van der Waals surface area contributed by atoms with Crippen molar-refractivity contribution in [1.29, 1.82) is 0 Å². The molecule has 0 aliphatic rings. The molecule has 0 aromatic carbocycles. The minimum atomic E-state index is -1.08. The minimum Gasteiger partial charge on any atom is -0.476 e. The summed E-state index contributed by atoms with van der Waals surface area (Å²) in [5, 5.41) is 14.6. The van der Waals surface area contributed by atoms with Gasteiger partial charge in [-0.3, -0.25) is 0 Å². The molecular formula is C9H14N4O2. The third-order valence-electron chi connectivity index (χ3n) is 1.77. The van der Waals surface area contributed by atoms with E-state index in [2.05, 4.69) is 20.6 Å². The zero-order chi connectivity index (χ0) is 11.3. The molecule has 0 aliphatic carbocycles. The number of hydrogen-bond acceptors (Lipinski definition) is 5. The molecule has 6 nitrogen and oxygen atoms in total. The van der Waals surface area contributed by atoms with Gasteiger partial charge in [-0.2, -0.15) is 0 Å². The van der Waals surface area contributed by atoms with E-state index in [1.165, 1.54) is 6.20 Å². The summed E-state index contributed by atoms with van der Waals surface area (Å²) in [7, 11) is 1.70. The molecule has 0 aliphatic heterocycles. The SMILES string of the molecule is CCCNc1nc(NC)cnc1C(=O)O. The van der Waals surface area contributed by atoms with Gasteiger partial charge in [-0.1, -0.05) is 6.92 Å². The first-order chi connectivity index (χ1) is 7.19. The van der Waals surface area contributed by atoms with Crippen LogP contribution in [0.25, 0.3) is 0 Å². The van der Waals surface area contributed by atoms with E-state index in [9.17, 15) is 4.79 Å². The fourth-order valence-electron chi connectivity index (χ4n) is 1.03. The van der Waals surface area contributed by atoms with Gasteiger partial charge in [0.05, 0.1) is 6.20 Å². The van der Waals surface area contributed by atoms with Crippen LogP contribution in [0, 0.1) is 0 Å². The average molecular weight is 210 g/mol. The fraction of sp³-hybridized carbons (Fsp3) is 0.444. The van der Waals surface area contributed by atoms with Gasteiger partial charge in [0, 0.05) is 13.6 Å². The monoisotopic (exact) mass is 210 g/mol. The summed E-state index contributed by atoms with van der Waals surface area (Å²) in [5.74, 6) is -0.237. The smallest absolute Gasteiger partial charge is 0.358 e. The topological polar surface area (TPSA) is 87.1 Å². The Balaban J connectivity index is 2.99. The van der Waals surface area contributed by atoms with Crippen LogP contribution in [0.1, 0.15) is 23.8 Å². The Morgan fingerprint density at radius 3 is 2.87 bits per heavy atom. The number of nitrogens with zero attached hydrogens (tertiary/aromatic N) is 2. The Kier molecular flexibility index (Phi) is 3.84. The molecular weight excluding hydrogens is 196 g/mol. The molecule has 0 radical (unpaired) electrons. The highest BCUT2D eigenvalue weighted by Crippen LogP contribution is 2.12. The predicted octanol–water partition coefficient (Wildman–Crippen LogP) is 1.04. The van der Waals surface area contributed by atoms with E-state index in [1.54, 1.807) is 7.05 Å². The van der Waals surface area contributed by atoms with E-state index in [0.29, 0.717) is 18.2 Å². The van der Waals surface area contributed by atoms with Crippen LogP contribution in [0.5, 0.6) is 0 Å². The van der Waals surface area contributed by atoms with Gasteiger partial charge in [-0.15, -0.1) is 0 Å². The lowest BCUT2D eigenvalue weighted by Gasteiger charge is -2.08. The van der Waals surface area contributed by atoms with Crippen molar-refractivity contribution in [2.45, 2.75) is 13.3 Å². The van der Waals surface area contributed by atoms with Gasteiger partial charge in [0.1, 0.15) is 5.82 Å². The van der Waals surface area contributed by atoms with Gasteiger partial charge in [0.2, 0.25) is 0 Å².